The molecule has 0 saturated heterocycles. The second-order valence-corrected chi connectivity index (χ2v) is 5.31. The summed E-state index contributed by atoms with van der Waals surface area (Å²) >= 11 is 1.69. The smallest absolute Gasteiger partial charge is 0.0797 e. The van der Waals surface area contributed by atoms with Crippen LogP contribution in [0.3, 0.4) is 0 Å². The molecule has 2 rings (SSSR count). The fourth-order valence-corrected chi connectivity index (χ4v) is 2.52. The standard InChI is InChI=1S/C16H18N2OS/c1-13-16(20-12-18-13)8-10-19-11-15-6-4-14(5-7-15)3-2-9-17/h4-7,12H,8-11,17H2,1H3. The Bertz CT molecular complexity index is 593. The van der Waals surface area contributed by atoms with Crippen LogP contribution in [0.2, 0.25) is 0 Å². The van der Waals surface area contributed by atoms with E-state index >= 15 is 0 Å². The van der Waals surface area contributed by atoms with Crippen LogP contribution in [-0.2, 0) is 17.8 Å². The zero-order valence-electron chi connectivity index (χ0n) is 11.6. The Hall–Kier alpha value is -1.67. The summed E-state index contributed by atoms with van der Waals surface area (Å²) in [7, 11) is 0. The zero-order valence-corrected chi connectivity index (χ0v) is 12.4. The summed E-state index contributed by atoms with van der Waals surface area (Å²) in [5.74, 6) is 5.84. The first-order valence-electron chi connectivity index (χ1n) is 6.54. The van der Waals surface area contributed by atoms with E-state index in [1.165, 1.54) is 4.88 Å². The molecule has 0 bridgehead atoms. The molecule has 104 valence electrons. The van der Waals surface area contributed by atoms with Crippen molar-refractivity contribution in [2.45, 2.75) is 20.0 Å². The summed E-state index contributed by atoms with van der Waals surface area (Å²) in [5.41, 5.74) is 10.5. The van der Waals surface area contributed by atoms with Crippen LogP contribution in [0.25, 0.3) is 0 Å². The first-order valence-corrected chi connectivity index (χ1v) is 7.42. The molecule has 4 heteroatoms. The highest BCUT2D eigenvalue weighted by Gasteiger charge is 2.01. The fraction of sp³-hybridized carbons (Fsp3) is 0.312. The molecule has 0 unspecified atom stereocenters. The Morgan fingerprint density at radius 3 is 2.75 bits per heavy atom. The van der Waals surface area contributed by atoms with Crippen molar-refractivity contribution in [3.63, 3.8) is 0 Å². The number of benzene rings is 1. The molecular formula is C16H18N2OS. The van der Waals surface area contributed by atoms with Crippen molar-refractivity contribution >= 4 is 11.3 Å². The normalized spacial score (nSPS) is 10.1. The second-order valence-electron chi connectivity index (χ2n) is 4.37. The summed E-state index contributed by atoms with van der Waals surface area (Å²) in [4.78, 5) is 5.53. The molecule has 0 aliphatic carbocycles. The van der Waals surface area contributed by atoms with Gasteiger partial charge in [0.15, 0.2) is 0 Å². The topological polar surface area (TPSA) is 48.1 Å². The molecule has 20 heavy (non-hydrogen) atoms. The molecule has 0 aliphatic heterocycles. The minimum atomic E-state index is 0.391. The lowest BCUT2D eigenvalue weighted by atomic mass is 10.1. The molecule has 0 radical (unpaired) electrons. The van der Waals surface area contributed by atoms with Gasteiger partial charge in [-0.15, -0.1) is 11.3 Å². The first kappa shape index (κ1) is 14.7. The molecular weight excluding hydrogens is 268 g/mol. The van der Waals surface area contributed by atoms with Crippen molar-refractivity contribution < 1.29 is 4.74 Å². The van der Waals surface area contributed by atoms with Crippen molar-refractivity contribution in [1.29, 1.82) is 0 Å². The van der Waals surface area contributed by atoms with E-state index in [2.05, 4.69) is 16.8 Å². The molecule has 3 nitrogen and oxygen atoms in total. The van der Waals surface area contributed by atoms with E-state index in [9.17, 15) is 0 Å². The number of nitrogens with two attached hydrogens (primary N) is 1. The van der Waals surface area contributed by atoms with Gasteiger partial charge in [0.05, 0.1) is 31.0 Å². The molecule has 0 saturated carbocycles. The third-order valence-corrected chi connectivity index (χ3v) is 3.87. The minimum absolute atomic E-state index is 0.391. The Morgan fingerprint density at radius 2 is 2.10 bits per heavy atom. The quantitative estimate of drug-likeness (QED) is 0.678. The van der Waals surface area contributed by atoms with E-state index in [1.54, 1.807) is 11.3 Å². The van der Waals surface area contributed by atoms with Gasteiger partial charge in [-0.25, -0.2) is 4.98 Å². The van der Waals surface area contributed by atoms with E-state index in [0.29, 0.717) is 13.2 Å². The lowest BCUT2D eigenvalue weighted by molar-refractivity contribution is 0.124. The number of hydrogen-bond donors (Lipinski definition) is 1. The van der Waals surface area contributed by atoms with Crippen LogP contribution < -0.4 is 5.73 Å². The number of aromatic nitrogens is 1. The van der Waals surface area contributed by atoms with Crippen molar-refractivity contribution in [3.8, 4) is 11.8 Å². The van der Waals surface area contributed by atoms with Crippen molar-refractivity contribution in [2.75, 3.05) is 13.2 Å². The van der Waals surface area contributed by atoms with Crippen LogP contribution in [0.4, 0.5) is 0 Å². The van der Waals surface area contributed by atoms with Crippen molar-refractivity contribution in [2.24, 2.45) is 5.73 Å². The van der Waals surface area contributed by atoms with Crippen LogP contribution in [0.15, 0.2) is 29.8 Å². The number of hydrogen-bond acceptors (Lipinski definition) is 4. The number of rotatable bonds is 5. The largest absolute Gasteiger partial charge is 0.376 e. The third-order valence-electron chi connectivity index (χ3n) is 2.88. The predicted molar refractivity (Wildman–Crippen MR) is 82.6 cm³/mol. The van der Waals surface area contributed by atoms with Gasteiger partial charge in [-0.2, -0.15) is 0 Å². The second kappa shape index (κ2) is 7.81. The van der Waals surface area contributed by atoms with Gasteiger partial charge < -0.3 is 10.5 Å². The van der Waals surface area contributed by atoms with Crippen LogP contribution in [-0.4, -0.2) is 18.1 Å². The maximum absolute atomic E-state index is 5.69. The summed E-state index contributed by atoms with van der Waals surface area (Å²) in [6.45, 7) is 3.77. The molecule has 0 aliphatic rings. The monoisotopic (exact) mass is 286 g/mol. The highest BCUT2D eigenvalue weighted by Crippen LogP contribution is 2.13. The molecule has 2 aromatic rings. The van der Waals surface area contributed by atoms with Gasteiger partial charge in [0.25, 0.3) is 0 Å². The van der Waals surface area contributed by atoms with Gasteiger partial charge >= 0.3 is 0 Å². The van der Waals surface area contributed by atoms with Crippen molar-refractivity contribution in [1.82, 2.24) is 4.98 Å². The molecule has 1 aromatic carbocycles. The summed E-state index contributed by atoms with van der Waals surface area (Å²) in [6.07, 6.45) is 0.927. The lowest BCUT2D eigenvalue weighted by Gasteiger charge is -2.04. The Kier molecular flexibility index (Phi) is 5.75. The Morgan fingerprint density at radius 1 is 1.30 bits per heavy atom. The SMILES string of the molecule is Cc1ncsc1CCOCc1ccc(C#CCN)cc1. The van der Waals surface area contributed by atoms with Crippen molar-refractivity contribution in [3.05, 3.63) is 51.5 Å². The summed E-state index contributed by atoms with van der Waals surface area (Å²) in [6, 6.07) is 8.07. The molecule has 0 atom stereocenters. The molecule has 1 heterocycles. The maximum Gasteiger partial charge on any atom is 0.0797 e. The lowest BCUT2D eigenvalue weighted by Crippen LogP contribution is -1.99. The number of nitrogens with zero attached hydrogens (tertiary/aromatic N) is 1. The third kappa shape index (κ3) is 4.46. The van der Waals surface area contributed by atoms with E-state index in [4.69, 9.17) is 10.5 Å². The Labute approximate surface area is 123 Å². The van der Waals surface area contributed by atoms with Crippen LogP contribution >= 0.6 is 11.3 Å². The summed E-state index contributed by atoms with van der Waals surface area (Å²) < 4.78 is 5.69. The average Bonchev–Trinajstić information content (AvgIpc) is 2.88. The molecule has 0 spiro atoms. The minimum Gasteiger partial charge on any atom is -0.376 e. The average molecular weight is 286 g/mol. The van der Waals surface area contributed by atoms with Gasteiger partial charge in [0.1, 0.15) is 0 Å². The molecule has 0 fully saturated rings. The van der Waals surface area contributed by atoms with Crippen LogP contribution in [0.1, 0.15) is 21.7 Å². The number of thiazole rings is 1. The zero-order chi connectivity index (χ0) is 14.2. The van der Waals surface area contributed by atoms with Crippen LogP contribution in [0, 0.1) is 18.8 Å². The maximum atomic E-state index is 5.69. The first-order chi connectivity index (χ1) is 9.79. The van der Waals surface area contributed by atoms with Gasteiger partial charge in [0.2, 0.25) is 0 Å². The van der Waals surface area contributed by atoms with Gasteiger partial charge in [0, 0.05) is 16.9 Å². The number of aryl methyl sites for hydroxylation is 1. The van der Waals surface area contributed by atoms with E-state index in [1.807, 2.05) is 36.7 Å². The van der Waals surface area contributed by atoms with E-state index < -0.39 is 0 Å². The highest BCUT2D eigenvalue weighted by molar-refractivity contribution is 7.09. The molecule has 1 aromatic heterocycles. The van der Waals surface area contributed by atoms with Gasteiger partial charge in [-0.05, 0) is 24.6 Å². The van der Waals surface area contributed by atoms with Crippen LogP contribution in [0.5, 0.6) is 0 Å². The Balaban J connectivity index is 1.75. The number of ether oxygens (including phenoxy) is 1. The van der Waals surface area contributed by atoms with Gasteiger partial charge in [-0.3, -0.25) is 0 Å². The van der Waals surface area contributed by atoms with E-state index in [-0.39, 0.29) is 0 Å². The van der Waals surface area contributed by atoms with E-state index in [0.717, 1.165) is 29.8 Å². The molecule has 0 amide bonds. The van der Waals surface area contributed by atoms with Gasteiger partial charge in [-0.1, -0.05) is 24.0 Å². The fourth-order valence-electron chi connectivity index (χ4n) is 1.76. The predicted octanol–water partition coefficient (Wildman–Crippen LogP) is 2.52. The highest BCUT2D eigenvalue weighted by atomic mass is 32.1. The summed E-state index contributed by atoms with van der Waals surface area (Å²) in [5, 5.41) is 0. The molecule has 2 N–H and O–H groups in total.